The molecule has 8 bridgehead atoms. The lowest BCUT2D eigenvalue weighted by Crippen LogP contribution is -2.90. The Morgan fingerprint density at radius 2 is 0.418 bits per heavy atom. The zero-order chi connectivity index (χ0) is 45.1. The fourth-order valence-electron chi connectivity index (χ4n) is 15.6. The largest absolute Gasteiger partial charge is 0.482 e. The first kappa shape index (κ1) is 49.2. The fraction of sp³-hybridized carbons (Fsp3) is 1.00. The van der Waals surface area contributed by atoms with Crippen molar-refractivity contribution in [1.29, 1.82) is 0 Å². The van der Waals surface area contributed by atoms with Gasteiger partial charge in [0, 0.05) is 44.8 Å². The molecule has 7 aliphatic carbocycles. The van der Waals surface area contributed by atoms with Gasteiger partial charge in [-0.2, -0.15) is 0 Å². The molecule has 6 aliphatic heterocycles. The molecule has 13 rings (SSSR count). The molecular weight excluding hydrogens is 981 g/mol. The van der Waals surface area contributed by atoms with E-state index in [1.54, 1.807) is 0 Å². The maximum atomic E-state index is 8.53. The monoisotopic (exact) mass is 1070 g/mol. The van der Waals surface area contributed by atoms with Gasteiger partial charge in [-0.05, 0) is 96.3 Å². The van der Waals surface area contributed by atoms with Gasteiger partial charge in [0.15, 0.2) is 0 Å². The summed E-state index contributed by atoms with van der Waals surface area (Å²) >= 11 is 0. The predicted octanol–water partition coefficient (Wildman–Crippen LogP) is 14.3. The lowest BCUT2D eigenvalue weighted by molar-refractivity contribution is -0.0458. The highest BCUT2D eigenvalue weighted by atomic mass is 28.6. The summed E-state index contributed by atoms with van der Waals surface area (Å²) < 4.78 is 102. The first-order valence-corrected chi connectivity index (χ1v) is 43.7. The van der Waals surface area contributed by atoms with Gasteiger partial charge < -0.3 is 49.4 Å². The molecule has 0 aromatic heterocycles. The van der Waals surface area contributed by atoms with Gasteiger partial charge in [-0.1, -0.05) is 155 Å². The van der Waals surface area contributed by atoms with Crippen LogP contribution in [0.4, 0.5) is 0 Å². The molecule has 0 spiro atoms. The molecule has 13 aliphatic rings. The van der Waals surface area contributed by atoms with Gasteiger partial charge in [-0.3, -0.25) is 0 Å². The third-order valence-electron chi connectivity index (χ3n) is 19.3. The molecule has 12 nitrogen and oxygen atoms in total. The molecule has 0 amide bonds. The maximum absolute atomic E-state index is 8.53. The minimum atomic E-state index is -3.89. The van der Waals surface area contributed by atoms with Crippen molar-refractivity contribution in [3.05, 3.63) is 0 Å². The summed E-state index contributed by atoms with van der Waals surface area (Å²) in [5.41, 5.74) is 0.619. The van der Waals surface area contributed by atoms with E-state index in [9.17, 15) is 0 Å². The number of unbranched alkanes of at least 4 members (excludes halogenated alkanes) is 9. The van der Waals surface area contributed by atoms with Crippen LogP contribution in [0.1, 0.15) is 251 Å². The van der Waals surface area contributed by atoms with Crippen LogP contribution in [0.2, 0.25) is 44.8 Å². The average molecular weight is 1070 g/mol. The van der Waals surface area contributed by atoms with E-state index in [0.29, 0.717) is 6.04 Å². The van der Waals surface area contributed by atoms with Crippen molar-refractivity contribution < 1.29 is 49.4 Å². The Bertz CT molecular complexity index is 1500. The van der Waals surface area contributed by atoms with E-state index >= 15 is 0 Å². The molecular formula is C47H88O12Si8. The van der Waals surface area contributed by atoms with E-state index in [2.05, 4.69) is 6.92 Å². The van der Waals surface area contributed by atoms with Crippen molar-refractivity contribution in [3.8, 4) is 0 Å². The van der Waals surface area contributed by atoms with Gasteiger partial charge >= 0.3 is 70.4 Å². The fourth-order valence-corrected chi connectivity index (χ4v) is 71.8. The van der Waals surface area contributed by atoms with Crippen molar-refractivity contribution in [3.63, 3.8) is 0 Å². The van der Waals surface area contributed by atoms with Crippen LogP contribution in [0.15, 0.2) is 0 Å². The Morgan fingerprint density at radius 3 is 0.627 bits per heavy atom. The van der Waals surface area contributed by atoms with E-state index in [0.717, 1.165) is 193 Å². The van der Waals surface area contributed by atoms with Crippen molar-refractivity contribution in [2.24, 2.45) is 0 Å². The topological polar surface area (TPSA) is 111 Å². The van der Waals surface area contributed by atoms with Crippen molar-refractivity contribution in [2.75, 3.05) is 0 Å². The zero-order valence-corrected chi connectivity index (χ0v) is 49.5. The first-order chi connectivity index (χ1) is 32.8. The van der Waals surface area contributed by atoms with E-state index in [1.165, 1.54) is 51.4 Å². The molecule has 7 saturated carbocycles. The average Bonchev–Trinajstić information content (AvgIpc) is 4.16. The highest BCUT2D eigenvalue weighted by molar-refractivity contribution is 7.04. The summed E-state index contributed by atoms with van der Waals surface area (Å²) in [5, 5.41) is 0. The Hall–Kier alpha value is 1.26. The van der Waals surface area contributed by atoms with Crippen LogP contribution in [-0.2, 0) is 49.4 Å². The molecule has 0 N–H and O–H groups in total. The Balaban J connectivity index is 1.07. The molecule has 6 heterocycles. The van der Waals surface area contributed by atoms with Gasteiger partial charge in [-0.25, -0.2) is 0 Å². The quantitative estimate of drug-likeness (QED) is 0.0962. The van der Waals surface area contributed by atoms with Crippen molar-refractivity contribution >= 4 is 70.4 Å². The van der Waals surface area contributed by atoms with Gasteiger partial charge in [-0.15, -0.1) is 0 Å². The van der Waals surface area contributed by atoms with Crippen LogP contribution in [-0.4, -0.2) is 70.4 Å². The highest BCUT2D eigenvalue weighted by Gasteiger charge is 2.88. The first-order valence-electron chi connectivity index (χ1n) is 29.2. The molecule has 0 atom stereocenters. The Kier molecular flexibility index (Phi) is 14.7. The molecule has 0 unspecified atom stereocenters. The molecule has 0 aromatic rings. The molecule has 0 radical (unpaired) electrons. The predicted molar refractivity (Wildman–Crippen MR) is 271 cm³/mol. The van der Waals surface area contributed by atoms with Gasteiger partial charge in [0.2, 0.25) is 0 Å². The van der Waals surface area contributed by atoms with Crippen LogP contribution in [0.3, 0.4) is 0 Å². The molecule has 6 saturated heterocycles. The smallest absolute Gasteiger partial charge is 0.373 e. The zero-order valence-electron chi connectivity index (χ0n) is 41.5. The SMILES string of the molecule is CCCCCCCCCCCC[Si]12O[Si]3(C4CCCC4)O[Si]4(C5CCCC5)O[Si](C5CCCC5)(O1)O[Si]1(C5CCCC5)O[Si](C5CCCC5)(O2)O[Si](C2CCCC2)(O3)O[Si](C2CCCC2)(O4)O1. The van der Waals surface area contributed by atoms with Crippen LogP contribution >= 0.6 is 0 Å². The van der Waals surface area contributed by atoms with Gasteiger partial charge in [0.1, 0.15) is 0 Å². The van der Waals surface area contributed by atoms with Crippen molar-refractivity contribution in [1.82, 2.24) is 0 Å². The summed E-state index contributed by atoms with van der Waals surface area (Å²) in [7, 11) is -31.1. The van der Waals surface area contributed by atoms with Crippen LogP contribution < -0.4 is 0 Å². The number of hydrogen-bond donors (Lipinski definition) is 0. The summed E-state index contributed by atoms with van der Waals surface area (Å²) in [5.74, 6) is 0. The number of hydrogen-bond acceptors (Lipinski definition) is 12. The van der Waals surface area contributed by atoms with Crippen molar-refractivity contribution in [2.45, 2.75) is 296 Å². The summed E-state index contributed by atoms with van der Waals surface area (Å²) in [4.78, 5) is 0. The second-order valence-electron chi connectivity index (χ2n) is 23.9. The van der Waals surface area contributed by atoms with E-state index in [-0.39, 0.29) is 38.8 Å². The molecule has 67 heavy (non-hydrogen) atoms. The highest BCUT2D eigenvalue weighted by Crippen LogP contribution is 2.66. The standard InChI is InChI=1S/C47H88O12Si8/c1-2-3-4-5-6-7-8-9-10-25-40-60-48-61(41-26-11-12-27-41)51-64(44-32-17-18-33-44)53-62(49-60,42-28-13-14-29-42)55-66(46-36-21-22-37-46)56-63(50-60,43-30-15-16-31-43)54-65(52-61,45-34-19-20-35-45)58-67(57-64,59-66)47-38-23-24-39-47/h41-47H,2-40H2,1H3. The van der Waals surface area contributed by atoms with Gasteiger partial charge in [0.25, 0.3) is 0 Å². The summed E-state index contributed by atoms with van der Waals surface area (Å²) in [6.07, 6.45) is 42.6. The lowest BCUT2D eigenvalue weighted by atomic mass is 10.1. The van der Waals surface area contributed by atoms with Crippen LogP contribution in [0.25, 0.3) is 0 Å². The van der Waals surface area contributed by atoms with Crippen LogP contribution in [0, 0.1) is 0 Å². The third kappa shape index (κ3) is 9.11. The minimum Gasteiger partial charge on any atom is -0.373 e. The molecule has 13 fully saturated rings. The van der Waals surface area contributed by atoms with E-state index in [1.807, 2.05) is 0 Å². The summed E-state index contributed by atoms with van der Waals surface area (Å²) in [6, 6.07) is 0.692. The lowest BCUT2D eigenvalue weighted by Gasteiger charge is -2.66. The Labute approximate surface area is 413 Å². The molecule has 0 aromatic carbocycles. The van der Waals surface area contributed by atoms with E-state index < -0.39 is 70.4 Å². The second-order valence-corrected chi connectivity index (χ2v) is 49.8. The third-order valence-corrected chi connectivity index (χ3v) is 58.9. The van der Waals surface area contributed by atoms with E-state index in [4.69, 9.17) is 49.4 Å². The minimum absolute atomic E-state index is 0.0859. The molecule has 20 heteroatoms. The second kappa shape index (κ2) is 20.1. The summed E-state index contributed by atoms with van der Waals surface area (Å²) in [6.45, 7) is 2.31. The Morgan fingerprint density at radius 1 is 0.239 bits per heavy atom. The van der Waals surface area contributed by atoms with Gasteiger partial charge in [0.05, 0.1) is 0 Å². The van der Waals surface area contributed by atoms with Crippen LogP contribution in [0.5, 0.6) is 0 Å². The maximum Gasteiger partial charge on any atom is 0.482 e. The molecule has 380 valence electrons. The number of rotatable bonds is 18. The normalized spacial score (nSPS) is 44.9.